The first kappa shape index (κ1) is 20.6. The summed E-state index contributed by atoms with van der Waals surface area (Å²) in [7, 11) is -2.53. The van der Waals surface area contributed by atoms with Gasteiger partial charge in [-0.25, -0.2) is 8.42 Å². The van der Waals surface area contributed by atoms with Crippen molar-refractivity contribution in [2.24, 2.45) is 0 Å². The lowest BCUT2D eigenvalue weighted by molar-refractivity contribution is -0.116. The number of carbonyl (C=O) groups excluding carboxylic acids is 1. The number of thiol groups is 1. The first-order chi connectivity index (χ1) is 12.0. The lowest BCUT2D eigenvalue weighted by Crippen LogP contribution is -2.38. The van der Waals surface area contributed by atoms with Crippen LogP contribution in [0.3, 0.4) is 0 Å². The summed E-state index contributed by atoms with van der Waals surface area (Å²) in [6.45, 7) is 1.79. The number of anilines is 2. The van der Waals surface area contributed by atoms with E-state index in [9.17, 15) is 13.2 Å². The number of nitrogens with one attached hydrogen (secondary N) is 1. The molecular formula is C18H19ClN2O3S. The molecule has 1 N–H and O–H groups in total. The molecule has 0 aliphatic heterocycles. The molecule has 0 saturated heterocycles. The van der Waals surface area contributed by atoms with Gasteiger partial charge in [-0.2, -0.15) is 0 Å². The number of terminal acetylenes is 1. The third-order valence-corrected chi connectivity index (χ3v) is 3.71. The highest BCUT2D eigenvalue weighted by Gasteiger charge is 2.18. The zero-order valence-electron chi connectivity index (χ0n) is 13.6. The number of alkyl halides is 1. The average Bonchev–Trinajstić information content (AvgIpc) is 2.63. The molecule has 2 aromatic carbocycles. The first-order valence-electron chi connectivity index (χ1n) is 7.35. The summed E-state index contributed by atoms with van der Waals surface area (Å²) in [4.78, 5) is 13.1. The van der Waals surface area contributed by atoms with E-state index in [1.807, 2.05) is 36.4 Å². The molecule has 1 unspecified atom stereocenters. The van der Waals surface area contributed by atoms with Gasteiger partial charge in [-0.1, -0.05) is 42.3 Å². The van der Waals surface area contributed by atoms with Crippen LogP contribution in [0, 0.1) is 12.3 Å². The fourth-order valence-corrected chi connectivity index (χ4v) is 2.42. The monoisotopic (exact) mass is 378 g/mol. The molecule has 0 heterocycles. The highest BCUT2D eigenvalue weighted by atomic mass is 35.5. The predicted octanol–water partition coefficient (Wildman–Crippen LogP) is 2.91. The van der Waals surface area contributed by atoms with E-state index in [0.29, 0.717) is 5.69 Å². The maximum absolute atomic E-state index is 11.6. The number of halogens is 1. The number of carbonyl (C=O) groups is 1. The summed E-state index contributed by atoms with van der Waals surface area (Å²) < 4.78 is 22.4. The standard InChI is InChI=1S/C12H12ClNO.C6H7NO2S/c1-3-10(2)14(12(15)9-13)11-7-5-4-6-8-11;8-10(9)7-6-4-2-1-3-5-6/h1,4-8,10H,9H2,2H3;1-5,10H,(H,7,8,9). The fourth-order valence-electron chi connectivity index (χ4n) is 1.93. The molecule has 1 atom stereocenters. The van der Waals surface area contributed by atoms with E-state index in [2.05, 4.69) is 10.6 Å². The molecule has 5 nitrogen and oxygen atoms in total. The Kier molecular flexibility index (Phi) is 9.15. The molecule has 132 valence electrons. The largest absolute Gasteiger partial charge is 0.297 e. The van der Waals surface area contributed by atoms with Crippen molar-refractivity contribution in [2.75, 3.05) is 15.5 Å². The normalized spacial score (nSPS) is 10.8. The Morgan fingerprint density at radius 1 is 1.16 bits per heavy atom. The van der Waals surface area contributed by atoms with E-state index >= 15 is 0 Å². The van der Waals surface area contributed by atoms with Gasteiger partial charge in [-0.15, -0.1) is 18.0 Å². The van der Waals surface area contributed by atoms with Crippen LogP contribution in [0.2, 0.25) is 0 Å². The molecule has 0 bridgehead atoms. The Hall–Kier alpha value is -2.49. The Labute approximate surface area is 154 Å². The van der Waals surface area contributed by atoms with Gasteiger partial charge in [0.2, 0.25) is 16.8 Å². The van der Waals surface area contributed by atoms with Crippen molar-refractivity contribution in [1.82, 2.24) is 0 Å². The molecule has 0 aliphatic carbocycles. The number of para-hydroxylation sites is 2. The van der Waals surface area contributed by atoms with Crippen LogP contribution in [0.4, 0.5) is 11.4 Å². The summed E-state index contributed by atoms with van der Waals surface area (Å²) in [6, 6.07) is 17.7. The van der Waals surface area contributed by atoms with Crippen LogP contribution >= 0.6 is 11.6 Å². The predicted molar refractivity (Wildman–Crippen MR) is 103 cm³/mol. The zero-order valence-corrected chi connectivity index (χ0v) is 15.3. The Morgan fingerprint density at radius 2 is 1.68 bits per heavy atom. The molecule has 0 aromatic heterocycles. The molecule has 25 heavy (non-hydrogen) atoms. The number of benzene rings is 2. The van der Waals surface area contributed by atoms with Gasteiger partial charge in [-0.05, 0) is 31.2 Å². The molecule has 0 radical (unpaired) electrons. The second-order valence-corrected chi connectivity index (χ2v) is 5.82. The molecule has 1 amide bonds. The highest BCUT2D eigenvalue weighted by molar-refractivity contribution is 7.73. The summed E-state index contributed by atoms with van der Waals surface area (Å²) in [5.41, 5.74) is 1.37. The van der Waals surface area contributed by atoms with Crippen LogP contribution in [0.15, 0.2) is 60.7 Å². The fraction of sp³-hybridized carbons (Fsp3) is 0.167. The lowest BCUT2D eigenvalue weighted by atomic mass is 10.2. The maximum atomic E-state index is 11.6. The number of rotatable bonds is 5. The Morgan fingerprint density at radius 3 is 2.12 bits per heavy atom. The van der Waals surface area contributed by atoms with Crippen molar-refractivity contribution in [3.8, 4) is 12.3 Å². The number of amides is 1. The Balaban J connectivity index is 0.000000271. The highest BCUT2D eigenvalue weighted by Crippen LogP contribution is 2.16. The minimum absolute atomic E-state index is 0.0685. The molecule has 2 aromatic rings. The van der Waals surface area contributed by atoms with Gasteiger partial charge in [0.25, 0.3) is 0 Å². The molecule has 0 spiro atoms. The van der Waals surface area contributed by atoms with Crippen molar-refractivity contribution in [3.63, 3.8) is 0 Å². The topological polar surface area (TPSA) is 66.5 Å². The second kappa shape index (κ2) is 11.1. The molecule has 7 heteroatoms. The average molecular weight is 379 g/mol. The van der Waals surface area contributed by atoms with Crippen LogP contribution < -0.4 is 9.62 Å². The van der Waals surface area contributed by atoms with Gasteiger partial charge in [0.1, 0.15) is 5.88 Å². The van der Waals surface area contributed by atoms with E-state index in [4.69, 9.17) is 18.0 Å². The van der Waals surface area contributed by atoms with Gasteiger partial charge >= 0.3 is 0 Å². The van der Waals surface area contributed by atoms with Crippen molar-refractivity contribution in [3.05, 3.63) is 60.7 Å². The van der Waals surface area contributed by atoms with E-state index in [1.165, 1.54) is 4.90 Å². The SMILES string of the molecule is C#CC(C)N(C(=O)CCl)c1ccccc1.O=[SH](=O)Nc1ccccc1. The van der Waals surface area contributed by atoms with Crippen molar-refractivity contribution >= 4 is 39.8 Å². The van der Waals surface area contributed by atoms with Crippen molar-refractivity contribution in [2.45, 2.75) is 13.0 Å². The van der Waals surface area contributed by atoms with Crippen LogP contribution in [0.1, 0.15) is 6.92 Å². The van der Waals surface area contributed by atoms with Gasteiger partial charge in [0, 0.05) is 11.4 Å². The zero-order chi connectivity index (χ0) is 18.7. The molecule has 0 fully saturated rings. The number of nitrogens with zero attached hydrogens (tertiary/aromatic N) is 1. The summed E-state index contributed by atoms with van der Waals surface area (Å²) in [6.07, 6.45) is 5.32. The summed E-state index contributed by atoms with van der Waals surface area (Å²) in [5.74, 6) is 2.27. The first-order valence-corrected chi connectivity index (χ1v) is 9.06. The van der Waals surface area contributed by atoms with Crippen molar-refractivity contribution in [1.29, 1.82) is 0 Å². The molecule has 2 rings (SSSR count). The minimum Gasteiger partial charge on any atom is -0.297 e. The number of hydrogen-bond acceptors (Lipinski definition) is 3. The lowest BCUT2D eigenvalue weighted by Gasteiger charge is -2.25. The van der Waals surface area contributed by atoms with E-state index in [1.54, 1.807) is 31.2 Å². The van der Waals surface area contributed by atoms with Gasteiger partial charge in [0.15, 0.2) is 0 Å². The minimum atomic E-state index is -2.53. The number of hydrogen-bond donors (Lipinski definition) is 2. The molecule has 0 aliphatic rings. The quantitative estimate of drug-likeness (QED) is 0.477. The maximum Gasteiger partial charge on any atom is 0.242 e. The van der Waals surface area contributed by atoms with Crippen LogP contribution in [-0.4, -0.2) is 26.2 Å². The van der Waals surface area contributed by atoms with E-state index in [0.717, 1.165) is 5.69 Å². The smallest absolute Gasteiger partial charge is 0.242 e. The van der Waals surface area contributed by atoms with Crippen LogP contribution in [-0.2, 0) is 15.7 Å². The third kappa shape index (κ3) is 7.29. The van der Waals surface area contributed by atoms with E-state index < -0.39 is 10.9 Å². The second-order valence-electron chi connectivity index (χ2n) is 4.81. The van der Waals surface area contributed by atoms with Crippen molar-refractivity contribution < 1.29 is 13.2 Å². The summed E-state index contributed by atoms with van der Waals surface area (Å²) >= 11 is 5.54. The van der Waals surface area contributed by atoms with Gasteiger partial charge in [0.05, 0.1) is 6.04 Å². The third-order valence-electron chi connectivity index (χ3n) is 3.04. The van der Waals surface area contributed by atoms with Gasteiger partial charge in [-0.3, -0.25) is 14.4 Å². The molecule has 0 saturated carbocycles. The molecular weight excluding hydrogens is 360 g/mol. The Bertz CT molecular complexity index is 766. The van der Waals surface area contributed by atoms with Gasteiger partial charge < -0.3 is 0 Å². The summed E-state index contributed by atoms with van der Waals surface area (Å²) in [5, 5.41) is 0. The van der Waals surface area contributed by atoms with E-state index in [-0.39, 0.29) is 17.8 Å². The van der Waals surface area contributed by atoms with Crippen LogP contribution in [0.25, 0.3) is 0 Å². The van der Waals surface area contributed by atoms with Crippen LogP contribution in [0.5, 0.6) is 0 Å².